The molecule has 0 saturated heterocycles. The molecule has 0 spiro atoms. The third-order valence-corrected chi connectivity index (χ3v) is 3.40. The highest BCUT2D eigenvalue weighted by molar-refractivity contribution is 7.98. The Hall–Kier alpha value is -2.71. The molecule has 0 aliphatic heterocycles. The summed E-state index contributed by atoms with van der Waals surface area (Å²) < 4.78 is 0. The standard InChI is InChI=1S/C14H15N5O2S/c1-2-5-17-14(10-19(20)21)18-7-8-22-11-13-12(9-15)4-3-6-16-13/h1,3-4,6,10,17-18H,5,7-8,11H2. The average molecular weight is 317 g/mol. The van der Waals surface area contributed by atoms with E-state index in [0.29, 0.717) is 23.6 Å². The molecule has 0 fully saturated rings. The summed E-state index contributed by atoms with van der Waals surface area (Å²) >= 11 is 1.58. The Labute approximate surface area is 133 Å². The molecule has 1 heterocycles. The number of thioether (sulfide) groups is 1. The van der Waals surface area contributed by atoms with Crippen LogP contribution in [0.15, 0.2) is 30.4 Å². The van der Waals surface area contributed by atoms with Crippen LogP contribution in [0, 0.1) is 33.8 Å². The molecule has 8 heteroatoms. The van der Waals surface area contributed by atoms with Gasteiger partial charge in [0.05, 0.1) is 22.7 Å². The van der Waals surface area contributed by atoms with Crippen molar-refractivity contribution in [2.24, 2.45) is 0 Å². The lowest BCUT2D eigenvalue weighted by Crippen LogP contribution is -2.29. The lowest BCUT2D eigenvalue weighted by atomic mass is 10.2. The fourth-order valence-corrected chi connectivity index (χ4v) is 2.30. The van der Waals surface area contributed by atoms with Crippen LogP contribution in [0.5, 0.6) is 0 Å². The molecule has 0 unspecified atom stereocenters. The van der Waals surface area contributed by atoms with Crippen molar-refractivity contribution >= 4 is 11.8 Å². The van der Waals surface area contributed by atoms with Gasteiger partial charge in [-0.05, 0) is 12.1 Å². The molecule has 1 aromatic rings. The number of hydrogen-bond donors (Lipinski definition) is 2. The summed E-state index contributed by atoms with van der Waals surface area (Å²) in [6, 6.07) is 5.54. The van der Waals surface area contributed by atoms with Crippen LogP contribution in [-0.2, 0) is 5.75 Å². The fraction of sp³-hybridized carbons (Fsp3) is 0.286. The van der Waals surface area contributed by atoms with Crippen molar-refractivity contribution < 1.29 is 4.92 Å². The monoisotopic (exact) mass is 317 g/mol. The van der Waals surface area contributed by atoms with Gasteiger partial charge in [-0.25, -0.2) is 0 Å². The first kappa shape index (κ1) is 17.3. The number of nitrogens with one attached hydrogen (secondary N) is 2. The number of pyridine rings is 1. The summed E-state index contributed by atoms with van der Waals surface area (Å²) in [6.45, 7) is 0.732. The quantitative estimate of drug-likeness (QED) is 0.304. The van der Waals surface area contributed by atoms with Crippen LogP contribution in [0.2, 0.25) is 0 Å². The number of nitrogens with zero attached hydrogens (tertiary/aromatic N) is 3. The molecule has 0 saturated carbocycles. The smallest absolute Gasteiger partial charge is 0.274 e. The Morgan fingerprint density at radius 2 is 2.41 bits per heavy atom. The number of nitro groups is 1. The van der Waals surface area contributed by atoms with Gasteiger partial charge < -0.3 is 10.6 Å². The summed E-state index contributed by atoms with van der Waals surface area (Å²) in [6.07, 6.45) is 7.59. The third kappa shape index (κ3) is 6.64. The van der Waals surface area contributed by atoms with Gasteiger partial charge >= 0.3 is 0 Å². The van der Waals surface area contributed by atoms with Crippen LogP contribution in [-0.4, -0.2) is 28.7 Å². The Morgan fingerprint density at radius 1 is 1.59 bits per heavy atom. The first-order chi connectivity index (χ1) is 10.7. The largest absolute Gasteiger partial charge is 0.366 e. The minimum Gasteiger partial charge on any atom is -0.366 e. The lowest BCUT2D eigenvalue weighted by Gasteiger charge is -2.09. The second-order valence-electron chi connectivity index (χ2n) is 3.97. The molecular weight excluding hydrogens is 302 g/mol. The first-order valence-electron chi connectivity index (χ1n) is 6.35. The van der Waals surface area contributed by atoms with Crippen molar-refractivity contribution in [3.63, 3.8) is 0 Å². The van der Waals surface area contributed by atoms with Crippen LogP contribution in [0.3, 0.4) is 0 Å². The molecule has 2 N–H and O–H groups in total. The molecule has 22 heavy (non-hydrogen) atoms. The summed E-state index contributed by atoms with van der Waals surface area (Å²) in [5.74, 6) is 3.94. The van der Waals surface area contributed by atoms with Crippen LogP contribution >= 0.6 is 11.8 Å². The van der Waals surface area contributed by atoms with Gasteiger partial charge in [-0.15, -0.1) is 6.42 Å². The van der Waals surface area contributed by atoms with Gasteiger partial charge in [-0.2, -0.15) is 17.0 Å². The molecule has 1 aromatic heterocycles. The van der Waals surface area contributed by atoms with E-state index in [1.165, 1.54) is 0 Å². The van der Waals surface area contributed by atoms with Gasteiger partial charge in [0.1, 0.15) is 6.07 Å². The number of nitriles is 1. The SMILES string of the molecule is C#CCNC(=C[N+](=O)[O-])NCCSCc1ncccc1C#N. The zero-order chi connectivity index (χ0) is 16.2. The van der Waals surface area contributed by atoms with Crippen molar-refractivity contribution in [2.45, 2.75) is 5.75 Å². The second-order valence-corrected chi connectivity index (χ2v) is 5.08. The second kappa shape index (κ2) is 10.1. The maximum atomic E-state index is 10.5. The molecule has 0 bridgehead atoms. The van der Waals surface area contributed by atoms with Crippen molar-refractivity contribution in [1.82, 2.24) is 15.6 Å². The predicted octanol–water partition coefficient (Wildman–Crippen LogP) is 1.07. The van der Waals surface area contributed by atoms with Gasteiger partial charge in [0.2, 0.25) is 0 Å². The van der Waals surface area contributed by atoms with Gasteiger partial charge in [-0.3, -0.25) is 15.1 Å². The van der Waals surface area contributed by atoms with E-state index in [9.17, 15) is 10.1 Å². The Kier molecular flexibility index (Phi) is 7.95. The van der Waals surface area contributed by atoms with E-state index in [0.717, 1.165) is 11.9 Å². The van der Waals surface area contributed by atoms with E-state index >= 15 is 0 Å². The predicted molar refractivity (Wildman–Crippen MR) is 85.0 cm³/mol. The number of terminal acetylenes is 1. The molecular formula is C14H15N5O2S. The summed E-state index contributed by atoms with van der Waals surface area (Å²) in [7, 11) is 0. The molecule has 0 atom stereocenters. The molecule has 1 rings (SSSR count). The molecule has 0 aliphatic rings. The Morgan fingerprint density at radius 3 is 3.09 bits per heavy atom. The fourth-order valence-electron chi connectivity index (χ4n) is 1.49. The third-order valence-electron chi connectivity index (χ3n) is 2.43. The average Bonchev–Trinajstić information content (AvgIpc) is 2.51. The zero-order valence-corrected chi connectivity index (χ0v) is 12.6. The van der Waals surface area contributed by atoms with Crippen molar-refractivity contribution in [2.75, 3.05) is 18.8 Å². The van der Waals surface area contributed by atoms with Gasteiger partial charge in [0.15, 0.2) is 5.82 Å². The van der Waals surface area contributed by atoms with Crippen LogP contribution in [0.4, 0.5) is 0 Å². The molecule has 0 aliphatic carbocycles. The number of hydrogen-bond acceptors (Lipinski definition) is 7. The van der Waals surface area contributed by atoms with E-state index in [-0.39, 0.29) is 12.4 Å². The van der Waals surface area contributed by atoms with E-state index in [2.05, 4.69) is 27.6 Å². The van der Waals surface area contributed by atoms with E-state index in [1.807, 2.05) is 0 Å². The van der Waals surface area contributed by atoms with Crippen molar-refractivity contribution in [3.8, 4) is 18.4 Å². The summed E-state index contributed by atoms with van der Waals surface area (Å²) in [5, 5.41) is 25.1. The maximum absolute atomic E-state index is 10.5. The molecule has 0 radical (unpaired) electrons. The maximum Gasteiger partial charge on any atom is 0.274 e. The van der Waals surface area contributed by atoms with Gasteiger partial charge in [0.25, 0.3) is 6.20 Å². The summed E-state index contributed by atoms with van der Waals surface area (Å²) in [4.78, 5) is 14.1. The van der Waals surface area contributed by atoms with Gasteiger partial charge in [-0.1, -0.05) is 5.92 Å². The lowest BCUT2D eigenvalue weighted by molar-refractivity contribution is -0.404. The van der Waals surface area contributed by atoms with E-state index in [1.54, 1.807) is 30.1 Å². The van der Waals surface area contributed by atoms with Crippen molar-refractivity contribution in [3.05, 3.63) is 51.7 Å². The Balaban J connectivity index is 2.36. The molecule has 114 valence electrons. The molecule has 7 nitrogen and oxygen atoms in total. The van der Waals surface area contributed by atoms with E-state index < -0.39 is 4.92 Å². The highest BCUT2D eigenvalue weighted by Gasteiger charge is 2.04. The number of rotatable bonds is 9. The normalized spacial score (nSPS) is 10.4. The van der Waals surface area contributed by atoms with Crippen LogP contribution < -0.4 is 10.6 Å². The van der Waals surface area contributed by atoms with Crippen LogP contribution in [0.1, 0.15) is 11.3 Å². The topological polar surface area (TPSA) is 104 Å². The minimum absolute atomic E-state index is 0.208. The zero-order valence-electron chi connectivity index (χ0n) is 11.8. The molecule has 0 amide bonds. The Bertz CT molecular complexity index is 618. The molecule has 0 aromatic carbocycles. The van der Waals surface area contributed by atoms with Crippen molar-refractivity contribution in [1.29, 1.82) is 5.26 Å². The summed E-state index contributed by atoms with van der Waals surface area (Å²) in [5.41, 5.74) is 1.30. The highest BCUT2D eigenvalue weighted by atomic mass is 32.2. The van der Waals surface area contributed by atoms with Crippen LogP contribution in [0.25, 0.3) is 0 Å². The number of aromatic nitrogens is 1. The van der Waals surface area contributed by atoms with E-state index in [4.69, 9.17) is 11.7 Å². The first-order valence-corrected chi connectivity index (χ1v) is 7.51. The van der Waals surface area contributed by atoms with Gasteiger partial charge in [0, 0.05) is 24.2 Å². The highest BCUT2D eigenvalue weighted by Crippen LogP contribution is 2.12. The minimum atomic E-state index is -0.550.